The van der Waals surface area contributed by atoms with Crippen molar-refractivity contribution in [3.8, 4) is 0 Å². The molecule has 0 saturated carbocycles. The quantitative estimate of drug-likeness (QED) is 0.506. The zero-order chi connectivity index (χ0) is 6.78. The van der Waals surface area contributed by atoms with E-state index in [-0.39, 0.29) is 5.91 Å². The summed E-state index contributed by atoms with van der Waals surface area (Å²) < 4.78 is 0. The fraction of sp³-hybridized carbons (Fsp3) is 0.750. The van der Waals surface area contributed by atoms with Gasteiger partial charge in [-0.3, -0.25) is 9.88 Å². The van der Waals surface area contributed by atoms with Gasteiger partial charge in [0.1, 0.15) is 0 Å². The molecule has 0 spiro atoms. The van der Waals surface area contributed by atoms with Crippen molar-refractivity contribution in [2.24, 2.45) is 5.73 Å². The van der Waals surface area contributed by atoms with Gasteiger partial charge >= 0.3 is 0 Å². The van der Waals surface area contributed by atoms with Gasteiger partial charge in [0.05, 0.1) is 5.54 Å². The topological polar surface area (TPSA) is 55.1 Å². The number of primary amides is 1. The first-order valence-corrected chi connectivity index (χ1v) is 2.86. The Balaban J connectivity index is 3.91. The highest BCUT2D eigenvalue weighted by molar-refractivity contribution is 7.13. The number of hydrogen-bond donors (Lipinski definition) is 2. The summed E-state index contributed by atoms with van der Waals surface area (Å²) in [5, 5.41) is 2.68. The van der Waals surface area contributed by atoms with E-state index < -0.39 is 5.54 Å². The van der Waals surface area contributed by atoms with Crippen molar-refractivity contribution in [2.45, 2.75) is 19.4 Å². The Morgan fingerprint density at radius 3 is 2.12 bits per heavy atom. The van der Waals surface area contributed by atoms with Crippen molar-refractivity contribution in [3.05, 3.63) is 0 Å². The van der Waals surface area contributed by atoms with Crippen LogP contribution in [0.3, 0.4) is 0 Å². The predicted octanol–water partition coefficient (Wildman–Crippen LogP) is -0.370. The molecule has 0 aliphatic heterocycles. The van der Waals surface area contributed by atoms with Crippen molar-refractivity contribution in [1.29, 1.82) is 0 Å². The fourth-order valence-corrected chi connectivity index (χ4v) is 0.213. The molecule has 3 N–H and O–H groups in total. The molecule has 0 radical (unpaired) electrons. The van der Waals surface area contributed by atoms with Crippen LogP contribution in [0, 0.1) is 0 Å². The van der Waals surface area contributed by atoms with Crippen molar-refractivity contribution >= 4 is 15.3 Å². The number of nitrogens with two attached hydrogens (primary N) is 1. The van der Waals surface area contributed by atoms with E-state index in [1.54, 1.807) is 13.8 Å². The van der Waals surface area contributed by atoms with Crippen molar-refractivity contribution < 1.29 is 4.79 Å². The second-order valence-electron chi connectivity index (χ2n) is 2.13. The lowest BCUT2D eigenvalue weighted by molar-refractivity contribution is -0.122. The summed E-state index contributed by atoms with van der Waals surface area (Å²) in [6.07, 6.45) is 0. The lowest BCUT2D eigenvalue weighted by atomic mass is 10.1. The molecule has 0 rings (SSSR count). The third-order valence-electron chi connectivity index (χ3n) is 0.977. The maximum Gasteiger partial charge on any atom is 0.237 e. The molecule has 0 heterocycles. The first-order chi connectivity index (χ1) is 3.50. The van der Waals surface area contributed by atoms with E-state index >= 15 is 0 Å². The van der Waals surface area contributed by atoms with Gasteiger partial charge in [-0.2, -0.15) is 0 Å². The lowest BCUT2D eigenvalue weighted by Gasteiger charge is -2.17. The molecule has 0 bridgehead atoms. The van der Waals surface area contributed by atoms with E-state index in [0.29, 0.717) is 0 Å². The predicted molar refractivity (Wildman–Crippen MR) is 36.1 cm³/mol. The Kier molecular flexibility index (Phi) is 2.38. The minimum absolute atomic E-state index is 0.354. The standard InChI is InChI=1S/C4H11N2OP/c1-4(2,6-8)3(5)7/h6H,8H2,1-2H3,(H2,5,7). The molecule has 0 aliphatic rings. The molecule has 1 atom stereocenters. The molecule has 4 heteroatoms. The van der Waals surface area contributed by atoms with E-state index in [1.165, 1.54) is 0 Å². The Labute approximate surface area is 51.3 Å². The van der Waals surface area contributed by atoms with Gasteiger partial charge in [-0.1, -0.05) is 9.39 Å². The van der Waals surface area contributed by atoms with Gasteiger partial charge < -0.3 is 5.73 Å². The molecule has 0 aliphatic carbocycles. The molecule has 8 heavy (non-hydrogen) atoms. The molecular weight excluding hydrogens is 123 g/mol. The highest BCUT2D eigenvalue weighted by Gasteiger charge is 2.21. The summed E-state index contributed by atoms with van der Waals surface area (Å²) in [5.41, 5.74) is 4.36. The molecule has 0 aromatic rings. The van der Waals surface area contributed by atoms with Gasteiger partial charge in [-0.15, -0.1) is 0 Å². The SMILES string of the molecule is CC(C)(NP)C(N)=O. The number of nitrogens with one attached hydrogen (secondary N) is 1. The number of amides is 1. The van der Waals surface area contributed by atoms with Crippen LogP contribution in [-0.2, 0) is 4.79 Å². The van der Waals surface area contributed by atoms with Gasteiger partial charge in [0.15, 0.2) is 0 Å². The summed E-state index contributed by atoms with van der Waals surface area (Å²) in [4.78, 5) is 10.4. The molecule has 0 aromatic carbocycles. The minimum atomic E-state index is -0.606. The molecule has 48 valence electrons. The summed E-state index contributed by atoms with van der Waals surface area (Å²) in [6.45, 7) is 3.42. The first kappa shape index (κ1) is 7.86. The van der Waals surface area contributed by atoms with Gasteiger partial charge in [-0.25, -0.2) is 0 Å². The van der Waals surface area contributed by atoms with Crippen LogP contribution < -0.4 is 10.8 Å². The minimum Gasteiger partial charge on any atom is -0.368 e. The van der Waals surface area contributed by atoms with E-state index in [2.05, 4.69) is 14.5 Å². The Bertz CT molecular complexity index is 102. The Morgan fingerprint density at radius 1 is 1.75 bits per heavy atom. The van der Waals surface area contributed by atoms with Crippen LogP contribution in [-0.4, -0.2) is 11.4 Å². The summed E-state index contributed by atoms with van der Waals surface area (Å²) >= 11 is 0. The van der Waals surface area contributed by atoms with Crippen LogP contribution >= 0.6 is 9.39 Å². The number of carbonyl (C=O) groups excluding carboxylic acids is 1. The third-order valence-corrected chi connectivity index (χ3v) is 1.70. The summed E-state index contributed by atoms with van der Waals surface area (Å²) in [7, 11) is 2.24. The molecule has 0 saturated heterocycles. The van der Waals surface area contributed by atoms with Crippen molar-refractivity contribution in [2.75, 3.05) is 0 Å². The monoisotopic (exact) mass is 134 g/mol. The normalized spacial score (nSPS) is 11.4. The first-order valence-electron chi connectivity index (χ1n) is 2.28. The van der Waals surface area contributed by atoms with Crippen molar-refractivity contribution in [3.63, 3.8) is 0 Å². The van der Waals surface area contributed by atoms with Gasteiger partial charge in [0.25, 0.3) is 0 Å². The van der Waals surface area contributed by atoms with Gasteiger partial charge in [-0.05, 0) is 13.8 Å². The Morgan fingerprint density at radius 2 is 2.12 bits per heavy atom. The van der Waals surface area contributed by atoms with Crippen LogP contribution in [0.2, 0.25) is 0 Å². The number of carbonyl (C=O) groups is 1. The average molecular weight is 134 g/mol. The van der Waals surface area contributed by atoms with Gasteiger partial charge in [0.2, 0.25) is 5.91 Å². The van der Waals surface area contributed by atoms with E-state index in [9.17, 15) is 4.79 Å². The Hall–Kier alpha value is -0.140. The van der Waals surface area contributed by atoms with E-state index in [4.69, 9.17) is 5.73 Å². The molecule has 0 aromatic heterocycles. The van der Waals surface area contributed by atoms with Crippen LogP contribution in [0.1, 0.15) is 13.8 Å². The van der Waals surface area contributed by atoms with E-state index in [1.807, 2.05) is 0 Å². The van der Waals surface area contributed by atoms with E-state index in [0.717, 1.165) is 0 Å². The molecular formula is C4H11N2OP. The average Bonchev–Trinajstić information content (AvgIpc) is 1.67. The second kappa shape index (κ2) is 2.42. The van der Waals surface area contributed by atoms with Crippen LogP contribution in [0.25, 0.3) is 0 Å². The zero-order valence-electron chi connectivity index (χ0n) is 5.06. The summed E-state index contributed by atoms with van der Waals surface area (Å²) in [5.74, 6) is -0.354. The lowest BCUT2D eigenvalue weighted by Crippen LogP contribution is -2.46. The number of hydrogen-bond acceptors (Lipinski definition) is 2. The molecule has 0 fully saturated rings. The molecule has 1 amide bonds. The summed E-state index contributed by atoms with van der Waals surface area (Å²) in [6, 6.07) is 0. The molecule has 1 unspecified atom stereocenters. The highest BCUT2D eigenvalue weighted by Crippen LogP contribution is 2.00. The fourth-order valence-electron chi connectivity index (χ4n) is 0.0711. The van der Waals surface area contributed by atoms with Crippen LogP contribution in [0.4, 0.5) is 0 Å². The van der Waals surface area contributed by atoms with Crippen LogP contribution in [0.15, 0.2) is 0 Å². The maximum absolute atomic E-state index is 10.4. The van der Waals surface area contributed by atoms with Crippen molar-refractivity contribution in [1.82, 2.24) is 5.09 Å². The number of rotatable bonds is 2. The largest absolute Gasteiger partial charge is 0.368 e. The van der Waals surface area contributed by atoms with Crippen LogP contribution in [0.5, 0.6) is 0 Å². The maximum atomic E-state index is 10.4. The third kappa shape index (κ3) is 1.76. The molecule has 3 nitrogen and oxygen atoms in total. The van der Waals surface area contributed by atoms with Gasteiger partial charge in [0, 0.05) is 0 Å². The zero-order valence-corrected chi connectivity index (χ0v) is 6.22. The highest BCUT2D eigenvalue weighted by atomic mass is 31.0. The smallest absolute Gasteiger partial charge is 0.237 e. The second-order valence-corrected chi connectivity index (χ2v) is 2.42.